The molecule has 1 N–H and O–H groups in total. The molecule has 0 saturated carbocycles. The molecular weight excluding hydrogens is 274 g/mol. The molecule has 0 unspecified atom stereocenters. The predicted octanol–water partition coefficient (Wildman–Crippen LogP) is 4.21. The monoisotopic (exact) mass is 295 g/mol. The van der Waals surface area contributed by atoms with E-state index in [2.05, 4.69) is 23.2 Å². The Morgan fingerprint density at radius 3 is 2.27 bits per heavy atom. The lowest BCUT2D eigenvalue weighted by Crippen LogP contribution is -2.01. The van der Waals surface area contributed by atoms with Gasteiger partial charge in [0.25, 0.3) is 0 Å². The highest BCUT2D eigenvalue weighted by Gasteiger charge is 2.14. The molecule has 0 fully saturated rings. The van der Waals surface area contributed by atoms with E-state index in [1.54, 1.807) is 10.9 Å². The van der Waals surface area contributed by atoms with Gasteiger partial charge in [-0.2, -0.15) is 10.1 Å². The fourth-order valence-electron chi connectivity index (χ4n) is 2.47. The molecule has 22 heavy (non-hydrogen) atoms. The van der Waals surface area contributed by atoms with Crippen molar-refractivity contribution in [1.29, 1.82) is 0 Å². The van der Waals surface area contributed by atoms with Gasteiger partial charge < -0.3 is 5.11 Å². The summed E-state index contributed by atoms with van der Waals surface area (Å²) >= 11 is 0. The van der Waals surface area contributed by atoms with Gasteiger partial charge in [0, 0.05) is 11.8 Å². The van der Waals surface area contributed by atoms with Crippen LogP contribution >= 0.6 is 0 Å². The average Bonchev–Trinajstić information content (AvgIpc) is 2.84. The molecule has 0 saturated heterocycles. The minimum Gasteiger partial charge on any atom is -0.493 e. The van der Waals surface area contributed by atoms with Gasteiger partial charge in [0.2, 0.25) is 5.88 Å². The van der Waals surface area contributed by atoms with Crippen molar-refractivity contribution in [3.63, 3.8) is 0 Å². The lowest BCUT2D eigenvalue weighted by Gasteiger charge is -2.15. The zero-order valence-corrected chi connectivity index (χ0v) is 13.5. The van der Waals surface area contributed by atoms with Crippen molar-refractivity contribution in [2.75, 3.05) is 0 Å². The summed E-state index contributed by atoms with van der Waals surface area (Å²) in [7, 11) is 0. The third-order valence-corrected chi connectivity index (χ3v) is 3.37. The molecule has 2 aromatic rings. The Morgan fingerprint density at radius 2 is 1.82 bits per heavy atom. The zero-order valence-electron chi connectivity index (χ0n) is 13.5. The standard InChI is InChI=1S/C18H21N3O/c1-11(2)17(12(3)4)14(6)15-7-8-16(19-18(15)22)21-10-9-13(5)20-21/h7-10H,1,6H2,2-5H3,(H,19,22). The summed E-state index contributed by atoms with van der Waals surface area (Å²) in [6, 6.07) is 5.50. The van der Waals surface area contributed by atoms with Crippen LogP contribution in [-0.4, -0.2) is 19.9 Å². The first kappa shape index (κ1) is 15.8. The number of rotatable bonds is 4. The van der Waals surface area contributed by atoms with Gasteiger partial charge >= 0.3 is 0 Å². The summed E-state index contributed by atoms with van der Waals surface area (Å²) in [4.78, 5) is 4.22. The molecule has 0 bridgehead atoms. The molecule has 0 radical (unpaired) electrons. The second kappa shape index (κ2) is 6.02. The van der Waals surface area contributed by atoms with E-state index in [1.165, 1.54) is 0 Å². The van der Waals surface area contributed by atoms with Crippen LogP contribution in [-0.2, 0) is 0 Å². The Bertz CT molecular complexity index is 777. The Morgan fingerprint density at radius 1 is 1.14 bits per heavy atom. The molecule has 0 aromatic carbocycles. The summed E-state index contributed by atoms with van der Waals surface area (Å²) < 4.78 is 1.63. The maximum atomic E-state index is 10.3. The van der Waals surface area contributed by atoms with Crippen LogP contribution in [0.1, 0.15) is 32.0 Å². The molecule has 2 aromatic heterocycles. The number of pyridine rings is 1. The van der Waals surface area contributed by atoms with Gasteiger partial charge in [0.15, 0.2) is 5.82 Å². The summed E-state index contributed by atoms with van der Waals surface area (Å²) in [5.41, 5.74) is 5.19. The fourth-order valence-corrected chi connectivity index (χ4v) is 2.47. The Balaban J connectivity index is 2.44. The van der Waals surface area contributed by atoms with Crippen LogP contribution in [0.5, 0.6) is 5.88 Å². The quantitative estimate of drug-likeness (QED) is 0.860. The SMILES string of the molecule is C=C(C)C(C(=C)c1ccc(-n2ccc(C)n2)nc1O)=C(C)C. The summed E-state index contributed by atoms with van der Waals surface area (Å²) in [6.45, 7) is 15.9. The van der Waals surface area contributed by atoms with E-state index in [-0.39, 0.29) is 5.88 Å². The van der Waals surface area contributed by atoms with Crippen LogP contribution in [0.4, 0.5) is 0 Å². The molecular formula is C18H21N3O. The van der Waals surface area contributed by atoms with E-state index in [0.29, 0.717) is 11.4 Å². The first-order valence-corrected chi connectivity index (χ1v) is 7.07. The van der Waals surface area contributed by atoms with Crippen LogP contribution in [0.3, 0.4) is 0 Å². The predicted molar refractivity (Wildman–Crippen MR) is 90.0 cm³/mol. The summed E-state index contributed by atoms with van der Waals surface area (Å²) in [5, 5.41) is 14.6. The largest absolute Gasteiger partial charge is 0.493 e. The summed E-state index contributed by atoms with van der Waals surface area (Å²) in [5.74, 6) is 0.506. The number of nitrogens with zero attached hydrogens (tertiary/aromatic N) is 3. The van der Waals surface area contributed by atoms with Crippen LogP contribution in [0.2, 0.25) is 0 Å². The molecule has 114 valence electrons. The molecule has 2 rings (SSSR count). The second-order valence-corrected chi connectivity index (χ2v) is 5.58. The lowest BCUT2D eigenvalue weighted by molar-refractivity contribution is 0.450. The number of aryl methyl sites for hydroxylation is 1. The second-order valence-electron chi connectivity index (χ2n) is 5.58. The lowest BCUT2D eigenvalue weighted by atomic mass is 9.92. The van der Waals surface area contributed by atoms with Gasteiger partial charge in [0.1, 0.15) is 0 Å². The van der Waals surface area contributed by atoms with Crippen molar-refractivity contribution >= 4 is 5.57 Å². The molecule has 0 amide bonds. The van der Waals surface area contributed by atoms with Gasteiger partial charge in [-0.05, 0) is 57.0 Å². The normalized spacial score (nSPS) is 10.4. The van der Waals surface area contributed by atoms with Crippen LogP contribution < -0.4 is 0 Å². The highest BCUT2D eigenvalue weighted by Crippen LogP contribution is 2.33. The summed E-state index contributed by atoms with van der Waals surface area (Å²) in [6.07, 6.45) is 1.81. The third kappa shape index (κ3) is 3.01. The molecule has 0 aliphatic heterocycles. The Hall–Kier alpha value is -2.62. The topological polar surface area (TPSA) is 50.9 Å². The number of aromatic nitrogens is 3. The minimum atomic E-state index is -0.0596. The van der Waals surface area contributed by atoms with E-state index in [4.69, 9.17) is 0 Å². The smallest absolute Gasteiger partial charge is 0.220 e. The van der Waals surface area contributed by atoms with Crippen LogP contribution in [0.15, 0.2) is 54.3 Å². The van der Waals surface area contributed by atoms with Crippen molar-refractivity contribution < 1.29 is 5.11 Å². The van der Waals surface area contributed by atoms with Crippen LogP contribution in [0.25, 0.3) is 11.4 Å². The maximum absolute atomic E-state index is 10.3. The first-order valence-electron chi connectivity index (χ1n) is 7.07. The number of hydrogen-bond acceptors (Lipinski definition) is 3. The van der Waals surface area contributed by atoms with Gasteiger partial charge in [-0.25, -0.2) is 4.68 Å². The van der Waals surface area contributed by atoms with E-state index < -0.39 is 0 Å². The van der Waals surface area contributed by atoms with Gasteiger partial charge in [-0.1, -0.05) is 24.3 Å². The molecule has 2 heterocycles. The number of allylic oxidation sites excluding steroid dienone is 4. The van der Waals surface area contributed by atoms with Crippen molar-refractivity contribution in [2.24, 2.45) is 0 Å². The molecule has 0 aliphatic rings. The zero-order chi connectivity index (χ0) is 16.4. The maximum Gasteiger partial charge on any atom is 0.220 e. The average molecular weight is 295 g/mol. The van der Waals surface area contributed by atoms with E-state index in [9.17, 15) is 5.11 Å². The van der Waals surface area contributed by atoms with Gasteiger partial charge in [-0.15, -0.1) is 0 Å². The van der Waals surface area contributed by atoms with Crippen molar-refractivity contribution in [2.45, 2.75) is 27.7 Å². The molecule has 0 atom stereocenters. The fraction of sp³-hybridized carbons (Fsp3) is 0.222. The van der Waals surface area contributed by atoms with Gasteiger partial charge in [0.05, 0.1) is 5.69 Å². The Labute approximate surface area is 131 Å². The molecule has 0 aliphatic carbocycles. The number of aromatic hydroxyl groups is 1. The van der Waals surface area contributed by atoms with Crippen LogP contribution in [0, 0.1) is 6.92 Å². The highest BCUT2D eigenvalue weighted by atomic mass is 16.3. The highest BCUT2D eigenvalue weighted by molar-refractivity contribution is 5.84. The molecule has 0 spiro atoms. The van der Waals surface area contributed by atoms with E-state index in [0.717, 1.165) is 28.0 Å². The first-order chi connectivity index (χ1) is 10.3. The van der Waals surface area contributed by atoms with Gasteiger partial charge in [-0.3, -0.25) is 0 Å². The van der Waals surface area contributed by atoms with E-state index >= 15 is 0 Å². The van der Waals surface area contributed by atoms with Crippen molar-refractivity contribution in [1.82, 2.24) is 14.8 Å². The van der Waals surface area contributed by atoms with E-state index in [1.807, 2.05) is 45.9 Å². The third-order valence-electron chi connectivity index (χ3n) is 3.37. The van der Waals surface area contributed by atoms with Crippen molar-refractivity contribution in [3.8, 4) is 11.7 Å². The Kier molecular flexibility index (Phi) is 4.31. The minimum absolute atomic E-state index is 0.0596. The molecule has 4 heteroatoms. The van der Waals surface area contributed by atoms with Crippen molar-refractivity contribution in [3.05, 3.63) is 65.5 Å². The molecule has 4 nitrogen and oxygen atoms in total. The number of hydrogen-bond donors (Lipinski definition) is 1.